The van der Waals surface area contributed by atoms with Crippen LogP contribution in [0, 0.1) is 23.7 Å². The van der Waals surface area contributed by atoms with E-state index in [9.17, 15) is 0 Å². The van der Waals surface area contributed by atoms with Crippen LogP contribution in [0.15, 0.2) is 0 Å². The highest BCUT2D eigenvalue weighted by atomic mass is 14.3. The normalized spacial score (nSPS) is 30.0. The first-order chi connectivity index (χ1) is 7.61. The van der Waals surface area contributed by atoms with Gasteiger partial charge in [-0.3, -0.25) is 0 Å². The van der Waals surface area contributed by atoms with Gasteiger partial charge in [0.1, 0.15) is 0 Å². The van der Waals surface area contributed by atoms with Crippen molar-refractivity contribution in [2.45, 2.75) is 79.1 Å². The molecule has 0 N–H and O–H groups in total. The van der Waals surface area contributed by atoms with Crippen LogP contribution in [0.1, 0.15) is 79.1 Å². The molecule has 0 heteroatoms. The highest BCUT2D eigenvalue weighted by molar-refractivity contribution is 4.72. The highest BCUT2D eigenvalue weighted by Gasteiger charge is 2.20. The molecule has 0 spiro atoms. The summed E-state index contributed by atoms with van der Waals surface area (Å²) in [6.07, 6.45) is 11.8. The fourth-order valence-corrected chi connectivity index (χ4v) is 3.02. The Morgan fingerprint density at radius 2 is 1.50 bits per heavy atom. The van der Waals surface area contributed by atoms with E-state index >= 15 is 0 Å². The van der Waals surface area contributed by atoms with Crippen LogP contribution < -0.4 is 0 Å². The minimum Gasteiger partial charge on any atom is -0.0651 e. The summed E-state index contributed by atoms with van der Waals surface area (Å²) in [6, 6.07) is 0. The van der Waals surface area contributed by atoms with Crippen LogP contribution in [0.25, 0.3) is 0 Å². The molecule has 0 nitrogen and oxygen atoms in total. The average Bonchev–Trinajstić information content (AvgIpc) is 2.29. The summed E-state index contributed by atoms with van der Waals surface area (Å²) in [5.74, 6) is 3.97. The topological polar surface area (TPSA) is 0 Å². The molecule has 1 saturated carbocycles. The summed E-state index contributed by atoms with van der Waals surface area (Å²) in [5, 5.41) is 0. The van der Waals surface area contributed by atoms with Crippen LogP contribution in [0.4, 0.5) is 0 Å². The molecule has 1 aliphatic carbocycles. The summed E-state index contributed by atoms with van der Waals surface area (Å²) in [6.45, 7) is 9.61. The summed E-state index contributed by atoms with van der Waals surface area (Å²) >= 11 is 0. The van der Waals surface area contributed by atoms with Crippen molar-refractivity contribution >= 4 is 0 Å². The van der Waals surface area contributed by atoms with Crippen LogP contribution in [-0.4, -0.2) is 0 Å². The molecular formula is C16H32. The molecule has 1 fully saturated rings. The second-order valence-corrected chi connectivity index (χ2v) is 6.56. The zero-order valence-electron chi connectivity index (χ0n) is 12.0. The third-order valence-electron chi connectivity index (χ3n) is 4.72. The van der Waals surface area contributed by atoms with Crippen molar-refractivity contribution in [2.75, 3.05) is 0 Å². The zero-order valence-corrected chi connectivity index (χ0v) is 12.0. The Hall–Kier alpha value is 0. The van der Waals surface area contributed by atoms with Crippen LogP contribution in [0.5, 0.6) is 0 Å². The molecule has 1 aliphatic rings. The fraction of sp³-hybridized carbons (Fsp3) is 1.00. The van der Waals surface area contributed by atoms with Crippen molar-refractivity contribution in [1.82, 2.24) is 0 Å². The molecule has 0 aromatic rings. The van der Waals surface area contributed by atoms with Gasteiger partial charge in [-0.25, -0.2) is 0 Å². The van der Waals surface area contributed by atoms with Crippen molar-refractivity contribution in [3.63, 3.8) is 0 Å². The summed E-state index contributed by atoms with van der Waals surface area (Å²) in [7, 11) is 0. The van der Waals surface area contributed by atoms with Crippen LogP contribution >= 0.6 is 0 Å². The molecule has 1 rings (SSSR count). The Bertz CT molecular complexity index is 165. The number of rotatable bonds is 6. The lowest BCUT2D eigenvalue weighted by atomic mass is 9.78. The lowest BCUT2D eigenvalue weighted by molar-refractivity contribution is 0.241. The molecule has 0 aromatic heterocycles. The van der Waals surface area contributed by atoms with Gasteiger partial charge in [-0.05, 0) is 30.1 Å². The summed E-state index contributed by atoms with van der Waals surface area (Å²) in [5.41, 5.74) is 0. The van der Waals surface area contributed by atoms with Gasteiger partial charge < -0.3 is 0 Å². The van der Waals surface area contributed by atoms with E-state index in [4.69, 9.17) is 0 Å². The highest BCUT2D eigenvalue weighted by Crippen LogP contribution is 2.33. The number of hydrogen-bond donors (Lipinski definition) is 0. The molecule has 96 valence electrons. The molecule has 2 unspecified atom stereocenters. The molecule has 0 radical (unpaired) electrons. The smallest absolute Gasteiger partial charge is 0.0412 e. The lowest BCUT2D eigenvalue weighted by Crippen LogP contribution is -2.15. The zero-order chi connectivity index (χ0) is 12.0. The van der Waals surface area contributed by atoms with Crippen molar-refractivity contribution in [3.05, 3.63) is 0 Å². The second kappa shape index (κ2) is 7.35. The standard InChI is InChI=1S/C16H32/c1-5-13(2)6-7-15(4)12-16-10-8-14(3)9-11-16/h13-16H,5-12H2,1-4H3. The number of hydrogen-bond acceptors (Lipinski definition) is 0. The minimum atomic E-state index is 0.939. The Morgan fingerprint density at radius 1 is 0.938 bits per heavy atom. The molecule has 0 bridgehead atoms. The van der Waals surface area contributed by atoms with Gasteiger partial charge >= 0.3 is 0 Å². The van der Waals surface area contributed by atoms with Crippen molar-refractivity contribution in [2.24, 2.45) is 23.7 Å². The average molecular weight is 224 g/mol. The van der Waals surface area contributed by atoms with Crippen molar-refractivity contribution in [3.8, 4) is 0 Å². The first-order valence-corrected chi connectivity index (χ1v) is 7.61. The Labute approximate surface area is 103 Å². The minimum absolute atomic E-state index is 0.939. The van der Waals surface area contributed by atoms with Crippen LogP contribution in [0.3, 0.4) is 0 Å². The van der Waals surface area contributed by atoms with E-state index in [0.717, 1.165) is 23.7 Å². The van der Waals surface area contributed by atoms with Gasteiger partial charge in [0, 0.05) is 0 Å². The summed E-state index contributed by atoms with van der Waals surface area (Å²) in [4.78, 5) is 0. The SMILES string of the molecule is CCC(C)CCC(C)CC1CCC(C)CC1. The maximum absolute atomic E-state index is 2.47. The maximum Gasteiger partial charge on any atom is -0.0412 e. The van der Waals surface area contributed by atoms with Gasteiger partial charge in [0.2, 0.25) is 0 Å². The van der Waals surface area contributed by atoms with Gasteiger partial charge in [0.05, 0.1) is 0 Å². The van der Waals surface area contributed by atoms with Gasteiger partial charge in [-0.15, -0.1) is 0 Å². The van der Waals surface area contributed by atoms with Crippen molar-refractivity contribution in [1.29, 1.82) is 0 Å². The van der Waals surface area contributed by atoms with E-state index in [2.05, 4.69) is 27.7 Å². The van der Waals surface area contributed by atoms with E-state index in [1.807, 2.05) is 0 Å². The Kier molecular flexibility index (Phi) is 6.46. The maximum atomic E-state index is 2.47. The third kappa shape index (κ3) is 5.37. The van der Waals surface area contributed by atoms with Crippen LogP contribution in [-0.2, 0) is 0 Å². The van der Waals surface area contributed by atoms with Crippen molar-refractivity contribution < 1.29 is 0 Å². The van der Waals surface area contributed by atoms with Gasteiger partial charge in [-0.1, -0.05) is 72.6 Å². The first-order valence-electron chi connectivity index (χ1n) is 7.61. The molecule has 2 atom stereocenters. The predicted octanol–water partition coefficient (Wildman–Crippen LogP) is 5.67. The fourth-order valence-electron chi connectivity index (χ4n) is 3.02. The van der Waals surface area contributed by atoms with E-state index < -0.39 is 0 Å². The van der Waals surface area contributed by atoms with E-state index in [1.54, 1.807) is 0 Å². The summed E-state index contributed by atoms with van der Waals surface area (Å²) < 4.78 is 0. The monoisotopic (exact) mass is 224 g/mol. The quantitative estimate of drug-likeness (QED) is 0.545. The van der Waals surface area contributed by atoms with E-state index in [-0.39, 0.29) is 0 Å². The molecular weight excluding hydrogens is 192 g/mol. The van der Waals surface area contributed by atoms with E-state index in [0.29, 0.717) is 0 Å². The molecule has 0 amide bonds. The van der Waals surface area contributed by atoms with Gasteiger partial charge in [0.25, 0.3) is 0 Å². The van der Waals surface area contributed by atoms with E-state index in [1.165, 1.54) is 51.4 Å². The Morgan fingerprint density at radius 3 is 2.06 bits per heavy atom. The van der Waals surface area contributed by atoms with Gasteiger partial charge in [0.15, 0.2) is 0 Å². The molecule has 0 heterocycles. The Balaban J connectivity index is 2.11. The predicted molar refractivity (Wildman–Crippen MR) is 73.6 cm³/mol. The molecule has 0 aromatic carbocycles. The third-order valence-corrected chi connectivity index (χ3v) is 4.72. The van der Waals surface area contributed by atoms with Crippen LogP contribution in [0.2, 0.25) is 0 Å². The largest absolute Gasteiger partial charge is 0.0651 e. The van der Waals surface area contributed by atoms with Gasteiger partial charge in [-0.2, -0.15) is 0 Å². The molecule has 0 aliphatic heterocycles. The second-order valence-electron chi connectivity index (χ2n) is 6.56. The molecule has 16 heavy (non-hydrogen) atoms. The first kappa shape index (κ1) is 14.1. The lowest BCUT2D eigenvalue weighted by Gasteiger charge is -2.28. The molecule has 0 saturated heterocycles.